The van der Waals surface area contributed by atoms with Crippen LogP contribution < -0.4 is 0 Å². The van der Waals surface area contributed by atoms with Crippen LogP contribution in [0, 0.1) is 0 Å². The van der Waals surface area contributed by atoms with Crippen LogP contribution in [0.15, 0.2) is 0 Å². The second-order valence-corrected chi connectivity index (χ2v) is 6.58. The molecule has 0 spiro atoms. The minimum Gasteiger partial charge on any atom is -0.427 e. The van der Waals surface area contributed by atoms with Crippen molar-refractivity contribution in [2.24, 2.45) is 0 Å². The zero-order valence-electron chi connectivity index (χ0n) is 9.01. The predicted molar refractivity (Wildman–Crippen MR) is 62.7 cm³/mol. The summed E-state index contributed by atoms with van der Waals surface area (Å²) >= 11 is 5.40. The van der Waals surface area contributed by atoms with Crippen LogP contribution in [0.2, 0.25) is 12.6 Å². The van der Waals surface area contributed by atoms with Gasteiger partial charge in [-0.05, 0) is 19.0 Å². The first-order valence-electron chi connectivity index (χ1n) is 4.33. The van der Waals surface area contributed by atoms with Crippen LogP contribution in [0.4, 0.5) is 0 Å². The van der Waals surface area contributed by atoms with Gasteiger partial charge in [-0.3, -0.25) is 0 Å². The Labute approximate surface area is 90.5 Å². The Morgan fingerprint density at radius 1 is 1.23 bits per heavy atom. The summed E-state index contributed by atoms with van der Waals surface area (Å²) in [6, 6.07) is 1.22. The van der Waals surface area contributed by atoms with Gasteiger partial charge < -0.3 is 13.3 Å². The van der Waals surface area contributed by atoms with Gasteiger partial charge in [0.1, 0.15) is 0 Å². The zero-order chi connectivity index (χ0) is 10.5. The third kappa shape index (κ3) is 19.1. The molecule has 0 aliphatic heterocycles. The van der Waals surface area contributed by atoms with Gasteiger partial charge in [0, 0.05) is 27.2 Å². The SMILES string of the molecule is CO[SiH2]CCCCl.CO[SiH](C)OC. The molecule has 0 radical (unpaired) electrons. The molecular weight excluding hydrogens is 224 g/mol. The molecule has 0 aliphatic rings. The topological polar surface area (TPSA) is 27.7 Å². The molecule has 3 nitrogen and oxygen atoms in total. The molecule has 0 aromatic carbocycles. The molecular formula is C7H21ClO3Si2. The summed E-state index contributed by atoms with van der Waals surface area (Å²) < 4.78 is 14.6. The van der Waals surface area contributed by atoms with Gasteiger partial charge in [0.15, 0.2) is 9.76 Å². The number of rotatable bonds is 6. The molecule has 0 saturated heterocycles. The Balaban J connectivity index is 0. The molecule has 0 heterocycles. The minimum atomic E-state index is -1.16. The molecule has 0 aliphatic carbocycles. The highest BCUT2D eigenvalue weighted by atomic mass is 35.5. The summed E-state index contributed by atoms with van der Waals surface area (Å²) in [4.78, 5) is 0. The molecule has 82 valence electrons. The summed E-state index contributed by atoms with van der Waals surface area (Å²) in [5.74, 6) is 0.788. The lowest BCUT2D eigenvalue weighted by Gasteiger charge is -2.00. The van der Waals surface area contributed by atoms with Gasteiger partial charge in [0.05, 0.1) is 0 Å². The maximum Gasteiger partial charge on any atom is 0.317 e. The molecule has 0 amide bonds. The number of alkyl halides is 1. The molecule has 0 bridgehead atoms. The van der Waals surface area contributed by atoms with Crippen LogP contribution in [0.3, 0.4) is 0 Å². The van der Waals surface area contributed by atoms with Crippen LogP contribution in [0.25, 0.3) is 0 Å². The van der Waals surface area contributed by atoms with Gasteiger partial charge in [-0.15, -0.1) is 11.6 Å². The van der Waals surface area contributed by atoms with E-state index >= 15 is 0 Å². The first-order valence-corrected chi connectivity index (χ1v) is 8.54. The van der Waals surface area contributed by atoms with Crippen molar-refractivity contribution in [1.82, 2.24) is 0 Å². The van der Waals surface area contributed by atoms with Crippen LogP contribution in [0.1, 0.15) is 6.42 Å². The highest BCUT2D eigenvalue weighted by molar-refractivity contribution is 6.42. The molecule has 0 aromatic heterocycles. The maximum absolute atomic E-state index is 5.40. The van der Waals surface area contributed by atoms with Gasteiger partial charge in [-0.2, -0.15) is 0 Å². The lowest BCUT2D eigenvalue weighted by molar-refractivity contribution is 0.285. The van der Waals surface area contributed by atoms with E-state index in [0.29, 0.717) is 0 Å². The zero-order valence-corrected chi connectivity index (χ0v) is 12.3. The van der Waals surface area contributed by atoms with Crippen molar-refractivity contribution >= 4 is 30.6 Å². The molecule has 6 heteroatoms. The Morgan fingerprint density at radius 2 is 1.77 bits per heavy atom. The number of halogens is 1. The highest BCUT2D eigenvalue weighted by Crippen LogP contribution is 1.89. The van der Waals surface area contributed by atoms with Crippen molar-refractivity contribution in [1.29, 1.82) is 0 Å². The molecule has 0 rings (SSSR count). The third-order valence-electron chi connectivity index (χ3n) is 1.40. The van der Waals surface area contributed by atoms with Crippen molar-refractivity contribution in [3.63, 3.8) is 0 Å². The van der Waals surface area contributed by atoms with Crippen LogP contribution in [0.5, 0.6) is 0 Å². The van der Waals surface area contributed by atoms with Crippen molar-refractivity contribution < 1.29 is 13.3 Å². The number of hydrogen-bond donors (Lipinski definition) is 0. The summed E-state index contributed by atoms with van der Waals surface area (Å²) in [5, 5.41) is 0. The van der Waals surface area contributed by atoms with Crippen molar-refractivity contribution in [2.75, 3.05) is 27.2 Å². The lowest BCUT2D eigenvalue weighted by atomic mass is 10.6. The minimum absolute atomic E-state index is 0.174. The first kappa shape index (κ1) is 16.0. The molecule has 0 saturated carbocycles. The fourth-order valence-electron chi connectivity index (χ4n) is 0.437. The second-order valence-electron chi connectivity index (χ2n) is 2.43. The second kappa shape index (κ2) is 15.1. The Morgan fingerprint density at radius 3 is 2.00 bits per heavy atom. The first-order chi connectivity index (χ1) is 6.22. The van der Waals surface area contributed by atoms with Crippen LogP contribution in [-0.4, -0.2) is 46.3 Å². The van der Waals surface area contributed by atoms with Crippen molar-refractivity contribution in [2.45, 2.75) is 19.0 Å². The maximum atomic E-state index is 5.40. The van der Waals surface area contributed by atoms with Gasteiger partial charge in [0.25, 0.3) is 0 Å². The van der Waals surface area contributed by atoms with E-state index in [-0.39, 0.29) is 9.76 Å². The summed E-state index contributed by atoms with van der Waals surface area (Å²) in [6.07, 6.45) is 1.13. The van der Waals surface area contributed by atoms with Crippen LogP contribution >= 0.6 is 11.6 Å². The molecule has 0 aromatic rings. The lowest BCUT2D eigenvalue weighted by Crippen LogP contribution is -2.12. The molecule has 0 N–H and O–H groups in total. The molecule has 0 atom stereocenters. The van der Waals surface area contributed by atoms with Gasteiger partial charge in [0.2, 0.25) is 0 Å². The van der Waals surface area contributed by atoms with E-state index in [1.807, 2.05) is 6.55 Å². The summed E-state index contributed by atoms with van der Waals surface area (Å²) in [7, 11) is 3.76. The molecule has 0 fully saturated rings. The van der Waals surface area contributed by atoms with Crippen LogP contribution in [-0.2, 0) is 13.3 Å². The highest BCUT2D eigenvalue weighted by Gasteiger charge is 1.94. The van der Waals surface area contributed by atoms with Crippen molar-refractivity contribution in [3.8, 4) is 0 Å². The Bertz CT molecular complexity index is 80.1. The average molecular weight is 245 g/mol. The van der Waals surface area contributed by atoms with Crippen molar-refractivity contribution in [3.05, 3.63) is 0 Å². The third-order valence-corrected chi connectivity index (χ3v) is 4.19. The average Bonchev–Trinajstić information content (AvgIpc) is 2.18. The van der Waals surface area contributed by atoms with Gasteiger partial charge in [-0.25, -0.2) is 0 Å². The normalized spacial score (nSPS) is 10.6. The van der Waals surface area contributed by atoms with E-state index in [0.717, 1.165) is 12.3 Å². The Hall–Kier alpha value is 0.604. The monoisotopic (exact) mass is 244 g/mol. The van der Waals surface area contributed by atoms with Gasteiger partial charge in [-0.1, -0.05) is 0 Å². The van der Waals surface area contributed by atoms with E-state index in [9.17, 15) is 0 Å². The van der Waals surface area contributed by atoms with E-state index in [1.54, 1.807) is 21.3 Å². The standard InChI is InChI=1S/C4H11ClOSi.C3H10O2Si/c1-6-7-4-2-3-5;1-4-6(3)5-2/h2-4,7H2,1H3;6H,1-3H3. The van der Waals surface area contributed by atoms with E-state index in [1.165, 1.54) is 6.04 Å². The molecule has 13 heavy (non-hydrogen) atoms. The fourth-order valence-corrected chi connectivity index (χ4v) is 1.88. The summed E-state index contributed by atoms with van der Waals surface area (Å²) in [6.45, 7) is 1.97. The smallest absolute Gasteiger partial charge is 0.317 e. The molecule has 0 unspecified atom stereocenters. The van der Waals surface area contributed by atoms with E-state index in [2.05, 4.69) is 0 Å². The predicted octanol–water partition coefficient (Wildman–Crippen LogP) is 0.893. The van der Waals surface area contributed by atoms with Gasteiger partial charge >= 0.3 is 9.28 Å². The summed E-state index contributed by atoms with van der Waals surface area (Å²) in [5.41, 5.74) is 0. The quantitative estimate of drug-likeness (QED) is 0.395. The fraction of sp³-hybridized carbons (Fsp3) is 1.00. The van der Waals surface area contributed by atoms with E-state index in [4.69, 9.17) is 24.9 Å². The largest absolute Gasteiger partial charge is 0.427 e. The number of hydrogen-bond acceptors (Lipinski definition) is 3. The Kier molecular flexibility index (Phi) is 18.6. The van der Waals surface area contributed by atoms with E-state index < -0.39 is 9.28 Å².